The van der Waals surface area contributed by atoms with Crippen LogP contribution in [0, 0.1) is 0 Å². The summed E-state index contributed by atoms with van der Waals surface area (Å²) < 4.78 is 29.7. The Bertz CT molecular complexity index is 1340. The molecule has 0 spiro atoms. The van der Waals surface area contributed by atoms with E-state index in [2.05, 4.69) is 14.9 Å². The Labute approximate surface area is 269 Å². The van der Waals surface area contributed by atoms with Crippen LogP contribution in [0.15, 0.2) is 48.6 Å². The van der Waals surface area contributed by atoms with Crippen molar-refractivity contribution in [3.63, 3.8) is 0 Å². The zero-order valence-corrected chi connectivity index (χ0v) is 27.0. The summed E-state index contributed by atoms with van der Waals surface area (Å²) in [5.41, 5.74) is 1.40. The van der Waals surface area contributed by atoms with Crippen LogP contribution in [-0.4, -0.2) is 114 Å². The van der Waals surface area contributed by atoms with Crippen molar-refractivity contribution in [2.45, 2.75) is 49.2 Å². The fourth-order valence-corrected chi connectivity index (χ4v) is 6.58. The number of aliphatic carboxylic acids is 1. The number of carbonyl (C=O) groups is 1. The summed E-state index contributed by atoms with van der Waals surface area (Å²) in [6, 6.07) is 9.46. The van der Waals surface area contributed by atoms with Crippen molar-refractivity contribution in [1.29, 1.82) is 0 Å². The summed E-state index contributed by atoms with van der Waals surface area (Å²) in [5, 5.41) is 9.66. The lowest BCUT2D eigenvalue weighted by Gasteiger charge is -2.45. The van der Waals surface area contributed by atoms with Crippen LogP contribution in [0.4, 0.5) is 0 Å². The number of rotatable bonds is 14. The molecule has 244 valence electrons. The van der Waals surface area contributed by atoms with E-state index in [4.69, 9.17) is 35.3 Å². The molecule has 0 bridgehead atoms. The standard InChI is InChI=1S/C33H43ClN4O7/c1-32(34)26(24-10-5-4-6-11-24)12-7-14-33(32,45-19-9-15-37-17-20-43-21-18-37)23-44-31-35-28(41-2)25(29(36-31)42-3)22-38-16-8-13-27(38)30(39)40/h4-7,10-12,14,27H,8-9,13,15-23H2,1-3H3,(H,39,40)/t27-,32?,33?/m0/s1. The number of methoxy groups -OCH3 is 2. The number of benzene rings is 1. The molecule has 3 atom stereocenters. The average molecular weight is 643 g/mol. The lowest BCUT2D eigenvalue weighted by molar-refractivity contribution is -0.142. The number of aromatic nitrogens is 2. The summed E-state index contributed by atoms with van der Waals surface area (Å²) in [6.45, 7) is 7.55. The fraction of sp³-hybridized carbons (Fsp3) is 0.545. The molecule has 45 heavy (non-hydrogen) atoms. The lowest BCUT2D eigenvalue weighted by Crippen LogP contribution is -2.55. The molecular weight excluding hydrogens is 600 g/mol. The van der Waals surface area contributed by atoms with Gasteiger partial charge in [0.1, 0.15) is 23.1 Å². The van der Waals surface area contributed by atoms with Crippen molar-refractivity contribution < 1.29 is 33.6 Å². The van der Waals surface area contributed by atoms with Crippen LogP contribution in [0.2, 0.25) is 0 Å². The second-order valence-corrected chi connectivity index (χ2v) is 12.4. The maximum absolute atomic E-state index is 11.8. The number of carboxylic acid groups (broad SMARTS) is 1. The van der Waals surface area contributed by atoms with Crippen molar-refractivity contribution in [2.75, 3.05) is 66.8 Å². The van der Waals surface area contributed by atoms with Gasteiger partial charge < -0.3 is 28.8 Å². The molecule has 3 aliphatic rings. The third-order valence-electron chi connectivity index (χ3n) is 8.82. The molecule has 2 aromatic rings. The van der Waals surface area contributed by atoms with Gasteiger partial charge in [0.2, 0.25) is 11.8 Å². The van der Waals surface area contributed by atoms with E-state index in [9.17, 15) is 9.90 Å². The molecule has 11 nitrogen and oxygen atoms in total. The van der Waals surface area contributed by atoms with Gasteiger partial charge in [-0.3, -0.25) is 14.6 Å². The van der Waals surface area contributed by atoms with E-state index < -0.39 is 22.5 Å². The molecule has 0 radical (unpaired) electrons. The number of likely N-dealkylation sites (tertiary alicyclic amines) is 1. The Kier molecular flexibility index (Phi) is 11.0. The second kappa shape index (κ2) is 14.9. The van der Waals surface area contributed by atoms with Gasteiger partial charge in [0.05, 0.1) is 33.0 Å². The number of allylic oxidation sites excluding steroid dienone is 2. The van der Waals surface area contributed by atoms with Gasteiger partial charge in [-0.25, -0.2) is 0 Å². The number of alkyl halides is 1. The molecule has 12 heteroatoms. The second-order valence-electron chi connectivity index (χ2n) is 11.6. The number of hydrogen-bond donors (Lipinski definition) is 1. The Morgan fingerprint density at radius 3 is 2.49 bits per heavy atom. The number of halogens is 1. The van der Waals surface area contributed by atoms with Gasteiger partial charge in [-0.1, -0.05) is 42.5 Å². The highest BCUT2D eigenvalue weighted by Crippen LogP contribution is 2.47. The van der Waals surface area contributed by atoms with E-state index >= 15 is 0 Å². The van der Waals surface area contributed by atoms with Gasteiger partial charge in [-0.05, 0) is 49.9 Å². The molecule has 1 aliphatic carbocycles. The monoisotopic (exact) mass is 642 g/mol. The molecule has 2 unspecified atom stereocenters. The van der Waals surface area contributed by atoms with Gasteiger partial charge in [-0.15, -0.1) is 11.6 Å². The quantitative estimate of drug-likeness (QED) is 0.238. The third kappa shape index (κ3) is 7.44. The number of ether oxygens (including phenoxy) is 5. The van der Waals surface area contributed by atoms with Gasteiger partial charge in [0, 0.05) is 32.8 Å². The molecular formula is C33H43ClN4O7. The van der Waals surface area contributed by atoms with E-state index in [0.717, 1.165) is 56.8 Å². The molecule has 1 aromatic carbocycles. The Balaban J connectivity index is 1.38. The molecule has 1 N–H and O–H groups in total. The molecule has 0 saturated carbocycles. The highest BCUT2D eigenvalue weighted by atomic mass is 35.5. The summed E-state index contributed by atoms with van der Waals surface area (Å²) in [6.07, 6.45) is 8.11. The predicted octanol–water partition coefficient (Wildman–Crippen LogP) is 4.05. The van der Waals surface area contributed by atoms with Gasteiger partial charge in [-0.2, -0.15) is 9.97 Å². The van der Waals surface area contributed by atoms with Crippen LogP contribution in [0.25, 0.3) is 5.57 Å². The van der Waals surface area contributed by atoms with E-state index in [1.165, 1.54) is 14.2 Å². The maximum atomic E-state index is 11.8. The normalized spacial score (nSPS) is 25.6. The largest absolute Gasteiger partial charge is 0.481 e. The zero-order chi connectivity index (χ0) is 31.9. The maximum Gasteiger partial charge on any atom is 0.323 e. The number of hydrogen-bond acceptors (Lipinski definition) is 10. The average Bonchev–Trinajstić information content (AvgIpc) is 3.53. The fourth-order valence-electron chi connectivity index (χ4n) is 6.23. The van der Waals surface area contributed by atoms with E-state index in [-0.39, 0.29) is 30.9 Å². The summed E-state index contributed by atoms with van der Waals surface area (Å²) in [7, 11) is 3.01. The van der Waals surface area contributed by atoms with Crippen LogP contribution >= 0.6 is 11.6 Å². The van der Waals surface area contributed by atoms with Gasteiger partial charge in [0.15, 0.2) is 0 Å². The first-order chi connectivity index (χ1) is 21.8. The molecule has 0 amide bonds. The van der Waals surface area contributed by atoms with Crippen molar-refractivity contribution >= 4 is 23.1 Å². The molecule has 2 aliphatic heterocycles. The Morgan fingerprint density at radius 1 is 1.11 bits per heavy atom. The van der Waals surface area contributed by atoms with E-state index in [1.807, 2.05) is 60.4 Å². The smallest absolute Gasteiger partial charge is 0.323 e. The minimum atomic E-state index is -1.06. The van der Waals surface area contributed by atoms with Crippen LogP contribution < -0.4 is 14.2 Å². The van der Waals surface area contributed by atoms with Gasteiger partial charge >= 0.3 is 12.0 Å². The summed E-state index contributed by atoms with van der Waals surface area (Å²) in [4.78, 5) is 24.1. The number of carboxylic acids is 1. The molecule has 5 rings (SSSR count). The van der Waals surface area contributed by atoms with Crippen LogP contribution in [0.5, 0.6) is 17.8 Å². The van der Waals surface area contributed by atoms with Gasteiger partial charge in [0.25, 0.3) is 0 Å². The van der Waals surface area contributed by atoms with Crippen LogP contribution in [0.1, 0.15) is 37.3 Å². The van der Waals surface area contributed by atoms with Crippen molar-refractivity contribution in [1.82, 2.24) is 19.8 Å². The number of nitrogens with zero attached hydrogens (tertiary/aromatic N) is 4. The molecule has 2 saturated heterocycles. The Hall–Kier alpha value is -3.22. The first kappa shape index (κ1) is 33.2. The molecule has 2 fully saturated rings. The zero-order valence-electron chi connectivity index (χ0n) is 26.2. The predicted molar refractivity (Wildman–Crippen MR) is 170 cm³/mol. The van der Waals surface area contributed by atoms with E-state index in [1.54, 1.807) is 0 Å². The molecule has 1 aromatic heterocycles. The van der Waals surface area contributed by atoms with Crippen LogP contribution in [-0.2, 0) is 20.8 Å². The Morgan fingerprint density at radius 2 is 1.82 bits per heavy atom. The lowest BCUT2D eigenvalue weighted by atomic mass is 9.76. The minimum absolute atomic E-state index is 0.0180. The SMILES string of the molecule is COc1nc(OCC2(OCCCN3CCOCC3)C=CC=C(c3ccccc3)C2(C)Cl)nc(OC)c1CN1CCC[C@H]1C(=O)O. The molecule has 3 heterocycles. The highest BCUT2D eigenvalue weighted by Gasteiger charge is 2.51. The first-order valence-corrected chi connectivity index (χ1v) is 15.8. The minimum Gasteiger partial charge on any atom is -0.481 e. The van der Waals surface area contributed by atoms with Crippen molar-refractivity contribution in [3.8, 4) is 17.8 Å². The first-order valence-electron chi connectivity index (χ1n) is 15.4. The van der Waals surface area contributed by atoms with Crippen molar-refractivity contribution in [3.05, 3.63) is 59.7 Å². The number of morpholine rings is 1. The van der Waals surface area contributed by atoms with Crippen molar-refractivity contribution in [2.24, 2.45) is 0 Å². The van der Waals surface area contributed by atoms with E-state index in [0.29, 0.717) is 25.1 Å². The summed E-state index contributed by atoms with van der Waals surface area (Å²) >= 11 is 7.47. The topological polar surface area (TPSA) is 116 Å². The third-order valence-corrected chi connectivity index (χ3v) is 9.34. The highest BCUT2D eigenvalue weighted by molar-refractivity contribution is 6.31. The van der Waals surface area contributed by atoms with Crippen LogP contribution in [0.3, 0.4) is 0 Å². The summed E-state index contributed by atoms with van der Waals surface area (Å²) in [5.74, 6) is -0.341.